The van der Waals surface area contributed by atoms with E-state index in [0.29, 0.717) is 35.7 Å². The van der Waals surface area contributed by atoms with Crippen LogP contribution in [0.4, 0.5) is 0 Å². The lowest BCUT2D eigenvalue weighted by molar-refractivity contribution is -0.141. The number of carbonyl (C=O) groups is 2. The predicted octanol–water partition coefficient (Wildman–Crippen LogP) is 8.57. The monoisotopic (exact) mass is 646 g/mol. The van der Waals surface area contributed by atoms with Crippen LogP contribution in [0.2, 0.25) is 0 Å². The number of hydrogen-bond acceptors (Lipinski definition) is 4. The minimum atomic E-state index is -0.185. The molecule has 1 aromatic rings. The second-order valence-corrected chi connectivity index (χ2v) is 15.7. The number of fused-ring (bicyclic) bond motifs is 5. The summed E-state index contributed by atoms with van der Waals surface area (Å²) >= 11 is 2.90. The second-order valence-electron chi connectivity index (χ2n) is 14.0. The minimum absolute atomic E-state index is 0.00424. The van der Waals surface area contributed by atoms with Gasteiger partial charge in [-0.3, -0.25) is 4.79 Å². The molecule has 5 heteroatoms. The number of rotatable bonds is 6. The summed E-state index contributed by atoms with van der Waals surface area (Å²) in [5.74, 6) is 1.95. The Kier molecular flexibility index (Phi) is 7.82. The maximum Gasteiger partial charge on any atom is 0.338 e. The molecule has 0 saturated heterocycles. The Morgan fingerprint density at radius 3 is 2.49 bits per heavy atom. The third-order valence-electron chi connectivity index (χ3n) is 12.5. The van der Waals surface area contributed by atoms with Crippen molar-refractivity contribution in [2.45, 2.75) is 102 Å². The maximum absolute atomic E-state index is 12.8. The molecule has 0 heterocycles. The predicted molar refractivity (Wildman–Crippen MR) is 164 cm³/mol. The first-order chi connectivity index (χ1) is 18.4. The van der Waals surface area contributed by atoms with Gasteiger partial charge in [0.15, 0.2) is 0 Å². The molecular weight excluding hydrogens is 599 g/mol. The van der Waals surface area contributed by atoms with E-state index in [0.717, 1.165) is 32.1 Å². The number of carbonyl (C=O) groups excluding carboxylic acids is 2. The van der Waals surface area contributed by atoms with Crippen LogP contribution in [0.1, 0.15) is 103 Å². The quantitative estimate of drug-likeness (QED) is 0.135. The van der Waals surface area contributed by atoms with Crippen LogP contribution >= 0.6 is 22.6 Å². The van der Waals surface area contributed by atoms with Crippen molar-refractivity contribution in [2.75, 3.05) is 7.11 Å². The molecule has 0 aliphatic heterocycles. The number of halogens is 1. The highest BCUT2D eigenvalue weighted by molar-refractivity contribution is 14.1. The van der Waals surface area contributed by atoms with Crippen LogP contribution in [0.25, 0.3) is 0 Å². The highest BCUT2D eigenvalue weighted by atomic mass is 127. The molecule has 39 heavy (non-hydrogen) atoms. The number of alkyl halides is 1. The Balaban J connectivity index is 1.37. The molecule has 0 amide bonds. The summed E-state index contributed by atoms with van der Waals surface area (Å²) in [7, 11) is 1.49. The lowest BCUT2D eigenvalue weighted by Crippen LogP contribution is -2.60. The van der Waals surface area contributed by atoms with Crippen LogP contribution in [-0.4, -0.2) is 28.6 Å². The van der Waals surface area contributed by atoms with Gasteiger partial charge >= 0.3 is 11.9 Å². The SMILES string of the molecule is COC(=O)CC[C@@H](C)C1(C)CC[C@H]2C3(I)C(=CC[C@@]21C)[C@@]1(C)CCC(OC(=O)c2ccccc2)CC1C[C@H]3C. The van der Waals surface area contributed by atoms with E-state index in [2.05, 4.69) is 63.3 Å². The summed E-state index contributed by atoms with van der Waals surface area (Å²) < 4.78 is 11.2. The van der Waals surface area contributed by atoms with Gasteiger partial charge in [-0.05, 0) is 103 Å². The highest BCUT2D eigenvalue weighted by Gasteiger charge is 2.68. The fraction of sp³-hybridized carbons (Fsp3) is 0.706. The van der Waals surface area contributed by atoms with Gasteiger partial charge in [-0.1, -0.05) is 87.1 Å². The van der Waals surface area contributed by atoms with E-state index in [1.54, 1.807) is 5.57 Å². The van der Waals surface area contributed by atoms with Crippen molar-refractivity contribution in [3.05, 3.63) is 47.5 Å². The molecule has 0 radical (unpaired) electrons. The van der Waals surface area contributed by atoms with E-state index in [-0.39, 0.29) is 37.7 Å². The summed E-state index contributed by atoms with van der Waals surface area (Å²) in [5.41, 5.74) is 2.93. The average molecular weight is 647 g/mol. The van der Waals surface area contributed by atoms with Gasteiger partial charge < -0.3 is 9.47 Å². The van der Waals surface area contributed by atoms with E-state index in [1.807, 2.05) is 30.3 Å². The van der Waals surface area contributed by atoms with Gasteiger partial charge in [-0.25, -0.2) is 4.79 Å². The number of esters is 2. The summed E-state index contributed by atoms with van der Waals surface area (Å²) in [6.45, 7) is 12.5. The van der Waals surface area contributed by atoms with Crippen LogP contribution in [-0.2, 0) is 14.3 Å². The Morgan fingerprint density at radius 1 is 1.08 bits per heavy atom. The van der Waals surface area contributed by atoms with Crippen LogP contribution < -0.4 is 0 Å². The van der Waals surface area contributed by atoms with E-state index in [4.69, 9.17) is 9.47 Å². The molecule has 4 aliphatic carbocycles. The topological polar surface area (TPSA) is 52.6 Å². The van der Waals surface area contributed by atoms with Gasteiger partial charge in [-0.2, -0.15) is 0 Å². The summed E-state index contributed by atoms with van der Waals surface area (Å²) in [6.07, 6.45) is 11.9. The molecular formula is C34H47IO4. The summed E-state index contributed by atoms with van der Waals surface area (Å²) in [4.78, 5) is 24.8. The molecule has 214 valence electrons. The fourth-order valence-electron chi connectivity index (χ4n) is 9.57. The van der Waals surface area contributed by atoms with Crippen molar-refractivity contribution in [1.82, 2.24) is 0 Å². The van der Waals surface area contributed by atoms with Gasteiger partial charge in [0, 0.05) is 9.84 Å². The van der Waals surface area contributed by atoms with E-state index < -0.39 is 0 Å². The molecule has 9 atom stereocenters. The molecule has 0 aromatic heterocycles. The molecule has 0 bridgehead atoms. The van der Waals surface area contributed by atoms with Crippen molar-refractivity contribution in [1.29, 1.82) is 0 Å². The van der Waals surface area contributed by atoms with Gasteiger partial charge in [0.05, 0.1) is 12.7 Å². The maximum atomic E-state index is 12.8. The van der Waals surface area contributed by atoms with Crippen molar-refractivity contribution >= 4 is 34.5 Å². The van der Waals surface area contributed by atoms with Crippen LogP contribution in [0, 0.1) is 39.9 Å². The van der Waals surface area contributed by atoms with E-state index >= 15 is 0 Å². The third kappa shape index (κ3) is 4.52. The Bertz CT molecular complexity index is 1130. The summed E-state index contributed by atoms with van der Waals surface area (Å²) in [6, 6.07) is 9.42. The molecule has 3 saturated carbocycles. The largest absolute Gasteiger partial charge is 0.469 e. The van der Waals surface area contributed by atoms with E-state index in [9.17, 15) is 9.59 Å². The Morgan fingerprint density at radius 2 is 1.79 bits per heavy atom. The van der Waals surface area contributed by atoms with Crippen LogP contribution in [0.5, 0.6) is 0 Å². The van der Waals surface area contributed by atoms with Crippen molar-refractivity contribution in [3.8, 4) is 0 Å². The van der Waals surface area contributed by atoms with Crippen LogP contribution in [0.15, 0.2) is 42.0 Å². The Labute approximate surface area is 249 Å². The van der Waals surface area contributed by atoms with Gasteiger partial charge in [0.1, 0.15) is 6.10 Å². The second kappa shape index (κ2) is 10.5. The third-order valence-corrected chi connectivity index (χ3v) is 14.9. The molecule has 5 rings (SSSR count). The zero-order chi connectivity index (χ0) is 28.2. The first-order valence-corrected chi connectivity index (χ1v) is 16.2. The number of ether oxygens (including phenoxy) is 2. The fourth-order valence-corrected chi connectivity index (χ4v) is 11.7. The highest BCUT2D eigenvalue weighted by Crippen LogP contribution is 2.74. The van der Waals surface area contributed by atoms with Gasteiger partial charge in [0.25, 0.3) is 0 Å². The average Bonchev–Trinajstić information content (AvgIpc) is 3.21. The van der Waals surface area contributed by atoms with E-state index in [1.165, 1.54) is 26.4 Å². The van der Waals surface area contributed by atoms with Crippen LogP contribution in [0.3, 0.4) is 0 Å². The molecule has 1 aromatic carbocycles. The summed E-state index contributed by atoms with van der Waals surface area (Å²) in [5, 5.41) is 0. The van der Waals surface area contributed by atoms with Gasteiger partial charge in [0.2, 0.25) is 0 Å². The zero-order valence-corrected chi connectivity index (χ0v) is 26.9. The normalized spacial score (nSPS) is 41.9. The first-order valence-electron chi connectivity index (χ1n) is 15.1. The number of hydrogen-bond donors (Lipinski definition) is 0. The van der Waals surface area contributed by atoms with Crippen molar-refractivity contribution < 1.29 is 19.1 Å². The molecule has 0 N–H and O–H groups in total. The molecule has 0 spiro atoms. The number of allylic oxidation sites excluding steroid dienone is 2. The smallest absolute Gasteiger partial charge is 0.338 e. The van der Waals surface area contributed by atoms with Crippen molar-refractivity contribution in [2.24, 2.45) is 39.9 Å². The van der Waals surface area contributed by atoms with Crippen molar-refractivity contribution in [3.63, 3.8) is 0 Å². The lowest BCUT2D eigenvalue weighted by atomic mass is 9.44. The molecule has 3 fully saturated rings. The zero-order valence-electron chi connectivity index (χ0n) is 24.7. The Hall–Kier alpha value is -1.37. The molecule has 4 unspecified atom stereocenters. The standard InChI is InChI=1S/C34H47IO4/c1-22(12-13-29(36)38-6)32(4)18-16-28-33(32,5)19-15-27-31(3)17-14-26(21-25(31)20-23(2)34(27,28)35)39-30(37)24-10-8-7-9-11-24/h7-11,15,22-23,25-26,28H,12-14,16-21H2,1-6H3/t22-,23-,25?,26?,28-,31+,32?,33+,34?/m1/s1. The number of benzene rings is 1. The first kappa shape index (κ1) is 29.1. The lowest BCUT2D eigenvalue weighted by Gasteiger charge is -2.64. The number of methoxy groups -OCH3 is 1. The minimum Gasteiger partial charge on any atom is -0.469 e. The van der Waals surface area contributed by atoms with Gasteiger partial charge in [-0.15, -0.1) is 0 Å². The molecule has 4 nitrogen and oxygen atoms in total. The molecule has 4 aliphatic rings.